The third-order valence-electron chi connectivity index (χ3n) is 2.91. The molecule has 0 saturated heterocycles. The number of methoxy groups -OCH3 is 1. The van der Waals surface area contributed by atoms with Gasteiger partial charge in [-0.25, -0.2) is 13.1 Å². The number of hydrogen-bond acceptors (Lipinski definition) is 5. The number of ether oxygens (including phenoxy) is 1. The zero-order chi connectivity index (χ0) is 15.5. The molecule has 1 aromatic carbocycles. The van der Waals surface area contributed by atoms with Crippen molar-refractivity contribution in [2.45, 2.75) is 25.3 Å². The van der Waals surface area contributed by atoms with Crippen LogP contribution in [0.4, 0.5) is 0 Å². The maximum Gasteiger partial charge on any atom is 0.244 e. The van der Waals surface area contributed by atoms with Crippen LogP contribution in [0.1, 0.15) is 17.0 Å². The van der Waals surface area contributed by atoms with Gasteiger partial charge in [0, 0.05) is 0 Å². The van der Waals surface area contributed by atoms with Gasteiger partial charge in [-0.3, -0.25) is 0 Å². The first kappa shape index (κ1) is 15.4. The molecule has 6 nitrogen and oxygen atoms in total. The fraction of sp³-hybridized carbons (Fsp3) is 0.286. The zero-order valence-electron chi connectivity index (χ0n) is 12.1. The molecular formula is C14H17N3O3S. The molecule has 0 fully saturated rings. The van der Waals surface area contributed by atoms with Crippen LogP contribution in [-0.4, -0.2) is 25.7 Å². The minimum Gasteiger partial charge on any atom is -0.495 e. The molecule has 0 amide bonds. The Bertz CT molecular complexity index is 728. The summed E-state index contributed by atoms with van der Waals surface area (Å²) in [6.45, 7) is 3.72. The molecule has 2 rings (SSSR count). The average Bonchev–Trinajstić information content (AvgIpc) is 2.47. The Morgan fingerprint density at radius 1 is 1.14 bits per heavy atom. The van der Waals surface area contributed by atoms with Crippen LogP contribution < -0.4 is 9.46 Å². The van der Waals surface area contributed by atoms with E-state index < -0.39 is 10.0 Å². The molecule has 0 aliphatic carbocycles. The van der Waals surface area contributed by atoms with Crippen molar-refractivity contribution < 1.29 is 13.2 Å². The van der Waals surface area contributed by atoms with Crippen molar-refractivity contribution in [2.75, 3.05) is 7.11 Å². The normalized spacial score (nSPS) is 11.4. The highest BCUT2D eigenvalue weighted by Crippen LogP contribution is 2.24. The first-order valence-electron chi connectivity index (χ1n) is 6.36. The van der Waals surface area contributed by atoms with E-state index in [1.54, 1.807) is 30.3 Å². The standard InChI is InChI=1S/C14H17N3O3S/c1-10-4-7-13(20-3)14(8-10)21(18,19)15-9-12-6-5-11(2)16-17-12/h4-8,15H,9H2,1-3H3. The quantitative estimate of drug-likeness (QED) is 0.907. The summed E-state index contributed by atoms with van der Waals surface area (Å²) in [7, 11) is -2.24. The lowest BCUT2D eigenvalue weighted by Crippen LogP contribution is -2.24. The van der Waals surface area contributed by atoms with E-state index in [4.69, 9.17) is 4.74 Å². The van der Waals surface area contributed by atoms with Crippen molar-refractivity contribution in [3.63, 3.8) is 0 Å². The largest absolute Gasteiger partial charge is 0.495 e. The fourth-order valence-corrected chi connectivity index (χ4v) is 3.01. The molecule has 1 N–H and O–H groups in total. The predicted octanol–water partition coefficient (Wildman–Crippen LogP) is 1.58. The van der Waals surface area contributed by atoms with Gasteiger partial charge in [0.05, 0.1) is 25.0 Å². The van der Waals surface area contributed by atoms with E-state index in [1.807, 2.05) is 13.8 Å². The molecule has 0 aliphatic rings. The minimum absolute atomic E-state index is 0.0761. The Hall–Kier alpha value is -1.99. The number of rotatable bonds is 5. The van der Waals surface area contributed by atoms with Crippen LogP contribution in [0.25, 0.3) is 0 Å². The summed E-state index contributed by atoms with van der Waals surface area (Å²) in [6.07, 6.45) is 0. The number of benzene rings is 1. The van der Waals surface area contributed by atoms with E-state index in [0.29, 0.717) is 11.4 Å². The van der Waals surface area contributed by atoms with Crippen molar-refractivity contribution >= 4 is 10.0 Å². The van der Waals surface area contributed by atoms with Crippen molar-refractivity contribution in [1.82, 2.24) is 14.9 Å². The Morgan fingerprint density at radius 2 is 1.90 bits per heavy atom. The number of hydrogen-bond donors (Lipinski definition) is 1. The van der Waals surface area contributed by atoms with Crippen molar-refractivity contribution in [1.29, 1.82) is 0 Å². The second kappa shape index (κ2) is 6.19. The van der Waals surface area contributed by atoms with E-state index >= 15 is 0 Å². The molecule has 1 aromatic heterocycles. The van der Waals surface area contributed by atoms with Crippen LogP contribution in [0.15, 0.2) is 35.2 Å². The van der Waals surface area contributed by atoms with Crippen molar-refractivity contribution in [3.8, 4) is 5.75 Å². The molecule has 21 heavy (non-hydrogen) atoms. The summed E-state index contributed by atoms with van der Waals surface area (Å²) < 4.78 is 32.3. The molecule has 0 radical (unpaired) electrons. The van der Waals surface area contributed by atoms with Gasteiger partial charge < -0.3 is 4.74 Å². The number of aryl methyl sites for hydroxylation is 2. The minimum atomic E-state index is -3.68. The molecule has 0 spiro atoms. The summed E-state index contributed by atoms with van der Waals surface area (Å²) in [5.74, 6) is 0.308. The van der Waals surface area contributed by atoms with E-state index in [0.717, 1.165) is 11.3 Å². The molecule has 112 valence electrons. The van der Waals surface area contributed by atoms with E-state index in [2.05, 4.69) is 14.9 Å². The molecule has 7 heteroatoms. The van der Waals surface area contributed by atoms with E-state index in [1.165, 1.54) is 7.11 Å². The molecule has 0 saturated carbocycles. The first-order chi connectivity index (χ1) is 9.92. The van der Waals surface area contributed by atoms with Gasteiger partial charge in [0.15, 0.2) is 0 Å². The van der Waals surface area contributed by atoms with Crippen LogP contribution in [0.3, 0.4) is 0 Å². The molecule has 0 aliphatic heterocycles. The van der Waals surface area contributed by atoms with Gasteiger partial charge in [-0.2, -0.15) is 10.2 Å². The monoisotopic (exact) mass is 307 g/mol. The van der Waals surface area contributed by atoms with Crippen LogP contribution in [0.5, 0.6) is 5.75 Å². The summed E-state index contributed by atoms with van der Waals surface area (Å²) >= 11 is 0. The lowest BCUT2D eigenvalue weighted by molar-refractivity contribution is 0.402. The smallest absolute Gasteiger partial charge is 0.244 e. The first-order valence-corrected chi connectivity index (χ1v) is 7.84. The van der Waals surface area contributed by atoms with Crippen LogP contribution in [-0.2, 0) is 16.6 Å². The molecule has 2 aromatic rings. The highest BCUT2D eigenvalue weighted by molar-refractivity contribution is 7.89. The zero-order valence-corrected chi connectivity index (χ0v) is 12.9. The second-order valence-corrected chi connectivity index (χ2v) is 6.38. The number of sulfonamides is 1. The van der Waals surface area contributed by atoms with Gasteiger partial charge in [-0.15, -0.1) is 0 Å². The van der Waals surface area contributed by atoms with Gasteiger partial charge in [0.25, 0.3) is 0 Å². The van der Waals surface area contributed by atoms with Gasteiger partial charge in [0.1, 0.15) is 10.6 Å². The van der Waals surface area contributed by atoms with Crippen molar-refractivity contribution in [3.05, 3.63) is 47.3 Å². The van der Waals surface area contributed by atoms with Gasteiger partial charge in [-0.05, 0) is 43.7 Å². The topological polar surface area (TPSA) is 81.2 Å². The second-order valence-electron chi connectivity index (χ2n) is 4.64. The number of nitrogens with zero attached hydrogens (tertiary/aromatic N) is 2. The van der Waals surface area contributed by atoms with Gasteiger partial charge in [0.2, 0.25) is 10.0 Å². The summed E-state index contributed by atoms with van der Waals surface area (Å²) in [5.41, 5.74) is 2.17. The fourth-order valence-electron chi connectivity index (χ4n) is 1.76. The number of nitrogens with one attached hydrogen (secondary N) is 1. The Labute approximate surface area is 124 Å². The van der Waals surface area contributed by atoms with Crippen LogP contribution in [0.2, 0.25) is 0 Å². The summed E-state index contributed by atoms with van der Waals surface area (Å²) in [4.78, 5) is 0.116. The van der Waals surface area contributed by atoms with Crippen molar-refractivity contribution in [2.24, 2.45) is 0 Å². The van der Waals surface area contributed by atoms with Gasteiger partial charge >= 0.3 is 0 Å². The molecule has 0 atom stereocenters. The third kappa shape index (κ3) is 3.77. The van der Waals surface area contributed by atoms with Crippen LogP contribution in [0, 0.1) is 13.8 Å². The Morgan fingerprint density at radius 3 is 2.52 bits per heavy atom. The number of aromatic nitrogens is 2. The summed E-state index contributed by atoms with van der Waals surface area (Å²) in [5, 5.41) is 7.82. The van der Waals surface area contributed by atoms with E-state index in [9.17, 15) is 8.42 Å². The predicted molar refractivity (Wildman–Crippen MR) is 78.5 cm³/mol. The van der Waals surface area contributed by atoms with E-state index in [-0.39, 0.29) is 11.4 Å². The highest BCUT2D eigenvalue weighted by atomic mass is 32.2. The SMILES string of the molecule is COc1ccc(C)cc1S(=O)(=O)NCc1ccc(C)nn1. The molecular weight excluding hydrogens is 290 g/mol. The Kier molecular flexibility index (Phi) is 4.54. The lowest BCUT2D eigenvalue weighted by Gasteiger charge is -2.11. The highest BCUT2D eigenvalue weighted by Gasteiger charge is 2.19. The average molecular weight is 307 g/mol. The molecule has 0 unspecified atom stereocenters. The van der Waals surface area contributed by atoms with Crippen LogP contribution >= 0.6 is 0 Å². The maximum atomic E-state index is 12.4. The summed E-state index contributed by atoms with van der Waals surface area (Å²) in [6, 6.07) is 8.52. The van der Waals surface area contributed by atoms with Gasteiger partial charge in [-0.1, -0.05) is 6.07 Å². The molecule has 0 bridgehead atoms. The Balaban J connectivity index is 2.22. The third-order valence-corrected chi connectivity index (χ3v) is 4.33. The maximum absolute atomic E-state index is 12.4. The molecule has 1 heterocycles. The lowest BCUT2D eigenvalue weighted by atomic mass is 10.2.